The summed E-state index contributed by atoms with van der Waals surface area (Å²) in [6.07, 6.45) is 2.23. The van der Waals surface area contributed by atoms with Crippen LogP contribution in [-0.4, -0.2) is 11.7 Å². The lowest BCUT2D eigenvalue weighted by atomic mass is 9.99. The van der Waals surface area contributed by atoms with Crippen LogP contribution in [0.2, 0.25) is 0 Å². The molecular formula is C12H16BrO. The maximum atomic E-state index is 8.97. The lowest BCUT2D eigenvalue weighted by molar-refractivity contribution is 0.282. The van der Waals surface area contributed by atoms with Crippen LogP contribution in [0.1, 0.15) is 30.4 Å². The van der Waals surface area contributed by atoms with E-state index in [1.54, 1.807) is 0 Å². The van der Waals surface area contributed by atoms with Crippen LogP contribution in [0.5, 0.6) is 0 Å². The first-order chi connectivity index (χ1) is 6.69. The van der Waals surface area contributed by atoms with Gasteiger partial charge in [-0.3, -0.25) is 0 Å². The molecule has 0 heterocycles. The molecule has 1 unspecified atom stereocenters. The van der Waals surface area contributed by atoms with Gasteiger partial charge in [0.1, 0.15) is 0 Å². The van der Waals surface area contributed by atoms with Gasteiger partial charge in [-0.25, -0.2) is 0 Å². The number of rotatable bonds is 4. The summed E-state index contributed by atoms with van der Waals surface area (Å²) < 4.78 is 1.12. The second-order valence-corrected chi connectivity index (χ2v) is 4.33. The molecule has 1 rings (SSSR count). The van der Waals surface area contributed by atoms with Crippen molar-refractivity contribution in [1.29, 1.82) is 0 Å². The fourth-order valence-electron chi connectivity index (χ4n) is 1.39. The molecule has 1 atom stereocenters. The lowest BCUT2D eigenvalue weighted by Gasteiger charge is -2.10. The zero-order valence-corrected chi connectivity index (χ0v) is 10.0. The van der Waals surface area contributed by atoms with Gasteiger partial charge in [-0.15, -0.1) is 0 Å². The first-order valence-corrected chi connectivity index (χ1v) is 5.70. The fourth-order valence-corrected chi connectivity index (χ4v) is 1.99. The van der Waals surface area contributed by atoms with Crippen molar-refractivity contribution in [1.82, 2.24) is 0 Å². The second-order valence-electron chi connectivity index (χ2n) is 3.48. The standard InChI is InChI=1S/C12H16BrO/c1-3-4-10-5-6-11(7-12(10)13)9(2)8-14/h5-7,9,14H,2-4,8H2,1H3. The Kier molecular flexibility index (Phi) is 4.63. The Morgan fingerprint density at radius 3 is 2.71 bits per heavy atom. The topological polar surface area (TPSA) is 20.2 Å². The molecule has 0 bridgehead atoms. The van der Waals surface area contributed by atoms with Gasteiger partial charge < -0.3 is 5.11 Å². The average molecular weight is 256 g/mol. The molecular weight excluding hydrogens is 240 g/mol. The molecule has 1 nitrogen and oxygen atoms in total. The molecule has 2 heteroatoms. The van der Waals surface area contributed by atoms with Gasteiger partial charge in [0.2, 0.25) is 0 Å². The Labute approximate surface area is 94.3 Å². The molecule has 0 amide bonds. The third-order valence-corrected chi connectivity index (χ3v) is 3.03. The summed E-state index contributed by atoms with van der Waals surface area (Å²) in [5.41, 5.74) is 2.40. The largest absolute Gasteiger partial charge is 0.396 e. The van der Waals surface area contributed by atoms with Gasteiger partial charge in [-0.05, 0) is 30.5 Å². The van der Waals surface area contributed by atoms with E-state index in [4.69, 9.17) is 5.11 Å². The smallest absolute Gasteiger partial charge is 0.0499 e. The summed E-state index contributed by atoms with van der Waals surface area (Å²) in [4.78, 5) is 0. The van der Waals surface area contributed by atoms with Crippen LogP contribution in [0.4, 0.5) is 0 Å². The number of hydrogen-bond acceptors (Lipinski definition) is 1. The molecule has 0 aromatic heterocycles. The highest BCUT2D eigenvalue weighted by Gasteiger charge is 2.06. The SMILES string of the molecule is [CH2]C(CO)c1ccc(CCC)c(Br)c1. The van der Waals surface area contributed by atoms with Crippen LogP contribution >= 0.6 is 15.9 Å². The van der Waals surface area contributed by atoms with Crippen molar-refractivity contribution in [2.24, 2.45) is 0 Å². The van der Waals surface area contributed by atoms with Gasteiger partial charge in [-0.2, -0.15) is 0 Å². The van der Waals surface area contributed by atoms with E-state index in [1.165, 1.54) is 5.56 Å². The molecule has 0 saturated carbocycles. The highest BCUT2D eigenvalue weighted by atomic mass is 79.9. The Bertz CT molecular complexity index is 296. The molecule has 14 heavy (non-hydrogen) atoms. The quantitative estimate of drug-likeness (QED) is 0.876. The minimum absolute atomic E-state index is 0.0259. The van der Waals surface area contributed by atoms with E-state index in [9.17, 15) is 0 Å². The molecule has 0 spiro atoms. The van der Waals surface area contributed by atoms with E-state index >= 15 is 0 Å². The predicted molar refractivity (Wildman–Crippen MR) is 63.3 cm³/mol. The number of aliphatic hydroxyl groups excluding tert-OH is 1. The number of benzene rings is 1. The molecule has 0 saturated heterocycles. The fraction of sp³-hybridized carbons (Fsp3) is 0.417. The molecule has 1 radical (unpaired) electrons. The van der Waals surface area contributed by atoms with Crippen LogP contribution in [0, 0.1) is 6.92 Å². The van der Waals surface area contributed by atoms with Crippen LogP contribution in [0.25, 0.3) is 0 Å². The maximum absolute atomic E-state index is 8.97. The monoisotopic (exact) mass is 255 g/mol. The normalized spacial score (nSPS) is 12.9. The van der Waals surface area contributed by atoms with E-state index in [1.807, 2.05) is 6.07 Å². The van der Waals surface area contributed by atoms with Crippen LogP contribution in [0.3, 0.4) is 0 Å². The minimum Gasteiger partial charge on any atom is -0.396 e. The van der Waals surface area contributed by atoms with Crippen LogP contribution < -0.4 is 0 Å². The average Bonchev–Trinajstić information content (AvgIpc) is 2.20. The summed E-state index contributed by atoms with van der Waals surface area (Å²) in [6.45, 7) is 6.13. The summed E-state index contributed by atoms with van der Waals surface area (Å²) >= 11 is 3.54. The molecule has 1 aromatic carbocycles. The lowest BCUT2D eigenvalue weighted by Crippen LogP contribution is -1.99. The van der Waals surface area contributed by atoms with Gasteiger partial charge in [0, 0.05) is 17.0 Å². The zero-order valence-electron chi connectivity index (χ0n) is 8.46. The third kappa shape index (κ3) is 2.82. The first kappa shape index (κ1) is 11.7. The van der Waals surface area contributed by atoms with Crippen molar-refractivity contribution < 1.29 is 5.11 Å². The van der Waals surface area contributed by atoms with E-state index in [-0.39, 0.29) is 12.5 Å². The Morgan fingerprint density at radius 1 is 1.50 bits per heavy atom. The number of aliphatic hydroxyl groups is 1. The molecule has 0 fully saturated rings. The van der Waals surface area contributed by atoms with Gasteiger partial charge in [-0.1, -0.05) is 41.4 Å². The van der Waals surface area contributed by atoms with Crippen molar-refractivity contribution in [3.63, 3.8) is 0 Å². The highest BCUT2D eigenvalue weighted by molar-refractivity contribution is 9.10. The number of halogens is 1. The number of hydrogen-bond donors (Lipinski definition) is 1. The van der Waals surface area contributed by atoms with E-state index in [0.717, 1.165) is 22.9 Å². The summed E-state index contributed by atoms with van der Waals surface area (Å²) in [6, 6.07) is 6.21. The van der Waals surface area contributed by atoms with Crippen LogP contribution in [-0.2, 0) is 6.42 Å². The number of aryl methyl sites for hydroxylation is 1. The van der Waals surface area contributed by atoms with Crippen molar-refractivity contribution in [2.75, 3.05) is 6.61 Å². The minimum atomic E-state index is -0.0259. The van der Waals surface area contributed by atoms with Crippen molar-refractivity contribution in [3.05, 3.63) is 40.7 Å². The molecule has 1 N–H and O–H groups in total. The maximum Gasteiger partial charge on any atom is 0.0499 e. The molecule has 0 aliphatic heterocycles. The Morgan fingerprint density at radius 2 is 2.21 bits per heavy atom. The Hall–Kier alpha value is -0.340. The molecule has 0 aliphatic carbocycles. The van der Waals surface area contributed by atoms with E-state index in [2.05, 4.69) is 41.9 Å². The van der Waals surface area contributed by atoms with Crippen molar-refractivity contribution in [3.8, 4) is 0 Å². The second kappa shape index (κ2) is 5.52. The summed E-state index contributed by atoms with van der Waals surface area (Å²) in [5.74, 6) is -0.0259. The van der Waals surface area contributed by atoms with Gasteiger partial charge in [0.25, 0.3) is 0 Å². The van der Waals surface area contributed by atoms with Gasteiger partial charge in [0.15, 0.2) is 0 Å². The van der Waals surface area contributed by atoms with Crippen molar-refractivity contribution in [2.45, 2.75) is 25.7 Å². The summed E-state index contributed by atoms with van der Waals surface area (Å²) in [7, 11) is 0. The Balaban J connectivity index is 2.88. The third-order valence-electron chi connectivity index (χ3n) is 2.29. The molecule has 0 aliphatic rings. The summed E-state index contributed by atoms with van der Waals surface area (Å²) in [5, 5.41) is 8.97. The first-order valence-electron chi connectivity index (χ1n) is 4.91. The van der Waals surface area contributed by atoms with Crippen molar-refractivity contribution >= 4 is 15.9 Å². The zero-order chi connectivity index (χ0) is 10.6. The van der Waals surface area contributed by atoms with Gasteiger partial charge >= 0.3 is 0 Å². The van der Waals surface area contributed by atoms with Gasteiger partial charge in [0.05, 0.1) is 0 Å². The highest BCUT2D eigenvalue weighted by Crippen LogP contribution is 2.24. The molecule has 77 valence electrons. The van der Waals surface area contributed by atoms with E-state index < -0.39 is 0 Å². The van der Waals surface area contributed by atoms with E-state index in [0.29, 0.717) is 0 Å². The predicted octanol–water partition coefficient (Wildman–Crippen LogP) is 3.31. The van der Waals surface area contributed by atoms with Crippen LogP contribution in [0.15, 0.2) is 22.7 Å². The molecule has 1 aromatic rings.